The van der Waals surface area contributed by atoms with Crippen LogP contribution in [-0.4, -0.2) is 11.6 Å². The Morgan fingerprint density at radius 2 is 2.00 bits per heavy atom. The lowest BCUT2D eigenvalue weighted by atomic mass is 10.0. The Hall–Kier alpha value is -1.82. The molecule has 2 heterocycles. The molecular formula is C12H9F3N2O. The van der Waals surface area contributed by atoms with E-state index in [-0.39, 0.29) is 23.2 Å². The predicted molar refractivity (Wildman–Crippen MR) is 59.4 cm³/mol. The van der Waals surface area contributed by atoms with Gasteiger partial charge in [-0.25, -0.2) is 13.2 Å². The second kappa shape index (κ2) is 3.84. The minimum Gasteiger partial charge on any atom is -0.398 e. The zero-order valence-electron chi connectivity index (χ0n) is 9.27. The van der Waals surface area contributed by atoms with Gasteiger partial charge in [-0.2, -0.15) is 0 Å². The summed E-state index contributed by atoms with van der Waals surface area (Å²) in [7, 11) is 0. The molecule has 0 radical (unpaired) electrons. The van der Waals surface area contributed by atoms with E-state index in [0.717, 1.165) is 6.07 Å². The number of nitrogen functional groups attached to an aromatic ring is 1. The molecule has 3 rings (SSSR count). The van der Waals surface area contributed by atoms with Crippen molar-refractivity contribution in [3.63, 3.8) is 0 Å². The summed E-state index contributed by atoms with van der Waals surface area (Å²) >= 11 is 0. The van der Waals surface area contributed by atoms with Crippen molar-refractivity contribution < 1.29 is 17.9 Å². The zero-order valence-corrected chi connectivity index (χ0v) is 9.27. The molecule has 3 nitrogen and oxygen atoms in total. The van der Waals surface area contributed by atoms with E-state index in [0.29, 0.717) is 24.3 Å². The lowest BCUT2D eigenvalue weighted by Crippen LogP contribution is -2.15. The van der Waals surface area contributed by atoms with Crippen molar-refractivity contribution in [2.75, 3.05) is 12.3 Å². The van der Waals surface area contributed by atoms with Gasteiger partial charge in [0.05, 0.1) is 35.5 Å². The fourth-order valence-electron chi connectivity index (χ4n) is 2.16. The van der Waals surface area contributed by atoms with Gasteiger partial charge < -0.3 is 10.5 Å². The summed E-state index contributed by atoms with van der Waals surface area (Å²) in [6.45, 7) is 0.694. The highest BCUT2D eigenvalue weighted by Crippen LogP contribution is 2.32. The molecule has 2 N–H and O–H groups in total. The van der Waals surface area contributed by atoms with Crippen LogP contribution in [0.25, 0.3) is 10.9 Å². The highest BCUT2D eigenvalue weighted by Gasteiger charge is 2.22. The normalized spacial score (nSPS) is 14.8. The number of benzene rings is 1. The molecule has 0 saturated heterocycles. The molecule has 0 fully saturated rings. The van der Waals surface area contributed by atoms with Gasteiger partial charge in [0.25, 0.3) is 0 Å². The first kappa shape index (κ1) is 11.3. The number of halogens is 3. The lowest BCUT2D eigenvalue weighted by molar-refractivity contribution is 0.110. The first-order valence-electron chi connectivity index (χ1n) is 5.41. The first-order chi connectivity index (χ1) is 8.59. The van der Waals surface area contributed by atoms with Crippen LogP contribution in [0.1, 0.15) is 11.3 Å². The van der Waals surface area contributed by atoms with Gasteiger partial charge in [-0.3, -0.25) is 4.98 Å². The molecule has 0 unspecified atom stereocenters. The Morgan fingerprint density at radius 3 is 2.78 bits per heavy atom. The molecule has 18 heavy (non-hydrogen) atoms. The van der Waals surface area contributed by atoms with Crippen LogP contribution in [0.3, 0.4) is 0 Å². The molecular weight excluding hydrogens is 245 g/mol. The molecule has 0 saturated carbocycles. The standard InChI is InChI=1S/C12H9F3N2O/c13-6-3-8-9(11(15)10(6)14)12(16)5-4-18-2-1-7(5)17-8/h3H,1-2,4H2,(H2,16,17). The highest BCUT2D eigenvalue weighted by molar-refractivity contribution is 5.93. The van der Waals surface area contributed by atoms with Gasteiger partial charge >= 0.3 is 0 Å². The maximum atomic E-state index is 13.7. The third-order valence-corrected chi connectivity index (χ3v) is 3.07. The monoisotopic (exact) mass is 254 g/mol. The number of fused-ring (bicyclic) bond motifs is 2. The molecule has 0 amide bonds. The van der Waals surface area contributed by atoms with E-state index >= 15 is 0 Å². The number of ether oxygens (including phenoxy) is 1. The SMILES string of the molecule is Nc1c2c(nc3cc(F)c(F)c(F)c13)CCOC2. The van der Waals surface area contributed by atoms with Gasteiger partial charge in [-0.1, -0.05) is 0 Å². The molecule has 1 aliphatic heterocycles. The summed E-state index contributed by atoms with van der Waals surface area (Å²) in [5.74, 6) is -4.10. The summed E-state index contributed by atoms with van der Waals surface area (Å²) < 4.78 is 45.3. The van der Waals surface area contributed by atoms with Gasteiger partial charge in [-0.15, -0.1) is 0 Å². The summed E-state index contributed by atoms with van der Waals surface area (Å²) in [4.78, 5) is 4.13. The van der Waals surface area contributed by atoms with Crippen molar-refractivity contribution in [3.8, 4) is 0 Å². The van der Waals surface area contributed by atoms with Gasteiger partial charge in [0.1, 0.15) is 0 Å². The van der Waals surface area contributed by atoms with E-state index in [1.807, 2.05) is 0 Å². The molecule has 0 bridgehead atoms. The van der Waals surface area contributed by atoms with Gasteiger partial charge in [0.15, 0.2) is 17.5 Å². The van der Waals surface area contributed by atoms with Crippen LogP contribution < -0.4 is 5.73 Å². The Bertz CT molecular complexity index is 658. The second-order valence-electron chi connectivity index (χ2n) is 4.13. The quantitative estimate of drug-likeness (QED) is 0.734. The largest absolute Gasteiger partial charge is 0.398 e. The number of rotatable bonds is 0. The fraction of sp³-hybridized carbons (Fsp3) is 0.250. The summed E-state index contributed by atoms with van der Waals surface area (Å²) in [5, 5.41) is -0.182. The molecule has 94 valence electrons. The smallest absolute Gasteiger partial charge is 0.195 e. The van der Waals surface area contributed by atoms with Crippen molar-refractivity contribution >= 4 is 16.6 Å². The second-order valence-corrected chi connectivity index (χ2v) is 4.13. The van der Waals surface area contributed by atoms with Gasteiger partial charge in [-0.05, 0) is 0 Å². The third kappa shape index (κ3) is 1.45. The molecule has 0 aliphatic carbocycles. The molecule has 0 spiro atoms. The third-order valence-electron chi connectivity index (χ3n) is 3.07. The number of hydrogen-bond acceptors (Lipinski definition) is 3. The number of nitrogens with two attached hydrogens (primary N) is 1. The number of aromatic nitrogens is 1. The van der Waals surface area contributed by atoms with Gasteiger partial charge in [0, 0.05) is 18.1 Å². The summed E-state index contributed by atoms with van der Waals surface area (Å²) in [6.07, 6.45) is 0.524. The number of nitrogens with zero attached hydrogens (tertiary/aromatic N) is 1. The molecule has 0 atom stereocenters. The molecule has 2 aromatic rings. The minimum atomic E-state index is -1.53. The Balaban J connectivity index is 2.43. The van der Waals surface area contributed by atoms with Crippen molar-refractivity contribution in [3.05, 3.63) is 34.8 Å². The first-order valence-corrected chi connectivity index (χ1v) is 5.41. The number of anilines is 1. The van der Waals surface area contributed by atoms with E-state index in [1.54, 1.807) is 0 Å². The predicted octanol–water partition coefficient (Wildman–Crippen LogP) is 2.31. The average Bonchev–Trinajstić information content (AvgIpc) is 2.36. The minimum absolute atomic E-state index is 0.0320. The molecule has 6 heteroatoms. The van der Waals surface area contributed by atoms with Gasteiger partial charge in [0.2, 0.25) is 0 Å². The Kier molecular flexibility index (Phi) is 2.41. The van der Waals surface area contributed by atoms with E-state index in [1.165, 1.54) is 0 Å². The van der Waals surface area contributed by atoms with Crippen molar-refractivity contribution in [1.29, 1.82) is 0 Å². The van der Waals surface area contributed by atoms with Crippen LogP contribution in [0.5, 0.6) is 0 Å². The van der Waals surface area contributed by atoms with Crippen molar-refractivity contribution in [2.24, 2.45) is 0 Å². The van der Waals surface area contributed by atoms with Crippen LogP contribution in [0.15, 0.2) is 6.07 Å². The van der Waals surface area contributed by atoms with E-state index < -0.39 is 17.5 Å². The summed E-state index contributed by atoms with van der Waals surface area (Å²) in [6, 6.07) is 0.861. The molecule has 1 aliphatic rings. The van der Waals surface area contributed by atoms with E-state index in [9.17, 15) is 13.2 Å². The maximum Gasteiger partial charge on any atom is 0.195 e. The van der Waals surface area contributed by atoms with Crippen molar-refractivity contribution in [1.82, 2.24) is 4.98 Å². The number of pyridine rings is 1. The average molecular weight is 254 g/mol. The van der Waals surface area contributed by atoms with E-state index in [2.05, 4.69) is 4.98 Å². The van der Waals surface area contributed by atoms with Crippen molar-refractivity contribution in [2.45, 2.75) is 13.0 Å². The zero-order chi connectivity index (χ0) is 12.9. The highest BCUT2D eigenvalue weighted by atomic mass is 19.2. The van der Waals surface area contributed by atoms with E-state index in [4.69, 9.17) is 10.5 Å². The number of hydrogen-bond donors (Lipinski definition) is 1. The lowest BCUT2D eigenvalue weighted by Gasteiger charge is -2.19. The fourth-order valence-corrected chi connectivity index (χ4v) is 2.16. The van der Waals surface area contributed by atoms with Crippen LogP contribution in [0, 0.1) is 17.5 Å². The van der Waals surface area contributed by atoms with Crippen LogP contribution in [-0.2, 0) is 17.8 Å². The van der Waals surface area contributed by atoms with Crippen LogP contribution in [0.2, 0.25) is 0 Å². The van der Waals surface area contributed by atoms with Crippen LogP contribution >= 0.6 is 0 Å². The Labute approximate surface area is 100 Å². The molecule has 1 aromatic carbocycles. The Morgan fingerprint density at radius 1 is 1.22 bits per heavy atom. The van der Waals surface area contributed by atoms with Crippen LogP contribution in [0.4, 0.5) is 18.9 Å². The maximum absolute atomic E-state index is 13.7. The summed E-state index contributed by atoms with van der Waals surface area (Å²) in [5.41, 5.74) is 7.12. The molecule has 1 aromatic heterocycles. The topological polar surface area (TPSA) is 48.1 Å².